The van der Waals surface area contributed by atoms with E-state index < -0.39 is 53.5 Å². The normalized spacial score (nSPS) is 11.1. The number of halogens is 6. The van der Waals surface area contributed by atoms with Crippen LogP contribution >= 0.6 is 0 Å². The van der Waals surface area contributed by atoms with Gasteiger partial charge in [-0.3, -0.25) is 15.0 Å². The number of rotatable bonds is 9. The van der Waals surface area contributed by atoms with Gasteiger partial charge < -0.3 is 15.4 Å². The van der Waals surface area contributed by atoms with Gasteiger partial charge in [0.25, 0.3) is 5.91 Å². The molecular formula is C26H22F6N4O4. The molecule has 0 atom stereocenters. The summed E-state index contributed by atoms with van der Waals surface area (Å²) in [5.74, 6) is -4.07. The number of hydrogen-bond acceptors (Lipinski definition) is 4. The van der Waals surface area contributed by atoms with Crippen LogP contribution in [-0.2, 0) is 0 Å². The van der Waals surface area contributed by atoms with Crippen LogP contribution in [0.3, 0.4) is 0 Å². The topological polar surface area (TPSA) is 99.8 Å². The van der Waals surface area contributed by atoms with Gasteiger partial charge in [0.05, 0.1) is 0 Å². The van der Waals surface area contributed by atoms with Crippen molar-refractivity contribution in [2.45, 2.75) is 25.9 Å². The highest BCUT2D eigenvalue weighted by Gasteiger charge is 2.44. The average Bonchev–Trinajstić information content (AvgIpc) is 2.88. The minimum atomic E-state index is -4.67. The number of nitrogens with zero attached hydrogens (tertiary/aromatic N) is 1. The number of alkyl halides is 4. The summed E-state index contributed by atoms with van der Waals surface area (Å²) >= 11 is 0. The minimum Gasteiger partial charge on any atom is -0.428 e. The number of anilines is 3. The molecule has 0 bridgehead atoms. The molecule has 3 N–H and O–H groups in total. The predicted octanol–water partition coefficient (Wildman–Crippen LogP) is 6.61. The van der Waals surface area contributed by atoms with E-state index in [1.54, 1.807) is 6.92 Å². The van der Waals surface area contributed by atoms with Gasteiger partial charge in [0.2, 0.25) is 0 Å². The first-order valence-electron chi connectivity index (χ1n) is 11.6. The zero-order valence-corrected chi connectivity index (χ0v) is 20.7. The highest BCUT2D eigenvalue weighted by molar-refractivity contribution is 6.08. The van der Waals surface area contributed by atoms with Crippen LogP contribution in [0.5, 0.6) is 5.75 Å². The minimum absolute atomic E-state index is 0.180. The Balaban J connectivity index is 1.61. The monoisotopic (exact) mass is 568 g/mol. The number of imide groups is 1. The lowest BCUT2D eigenvalue weighted by Crippen LogP contribution is -2.36. The van der Waals surface area contributed by atoms with Gasteiger partial charge in [0.15, 0.2) is 0 Å². The number of hydrogen-bond donors (Lipinski definition) is 3. The molecule has 212 valence electrons. The second kappa shape index (κ2) is 12.9. The zero-order chi connectivity index (χ0) is 29.4. The highest BCUT2D eigenvalue weighted by atomic mass is 19.3. The van der Waals surface area contributed by atoms with E-state index in [2.05, 4.69) is 15.4 Å². The van der Waals surface area contributed by atoms with Crippen molar-refractivity contribution >= 4 is 35.0 Å². The van der Waals surface area contributed by atoms with E-state index in [-0.39, 0.29) is 23.6 Å². The Hall–Kier alpha value is -4.75. The number of benzene rings is 3. The van der Waals surface area contributed by atoms with Crippen LogP contribution in [0.25, 0.3) is 0 Å². The second-order valence-corrected chi connectivity index (χ2v) is 8.12. The van der Waals surface area contributed by atoms with Crippen molar-refractivity contribution in [1.82, 2.24) is 5.32 Å². The van der Waals surface area contributed by atoms with Gasteiger partial charge in [0.1, 0.15) is 22.9 Å². The third kappa shape index (κ3) is 7.65. The van der Waals surface area contributed by atoms with Gasteiger partial charge in [-0.2, -0.15) is 17.6 Å². The molecule has 3 aromatic rings. The first-order chi connectivity index (χ1) is 18.9. The Morgan fingerprint density at radius 3 is 1.95 bits per heavy atom. The Bertz CT molecular complexity index is 1330. The van der Waals surface area contributed by atoms with Crippen molar-refractivity contribution in [2.75, 3.05) is 22.1 Å². The summed E-state index contributed by atoms with van der Waals surface area (Å²) in [4.78, 5) is 38.3. The van der Waals surface area contributed by atoms with Gasteiger partial charge in [-0.1, -0.05) is 13.0 Å². The summed E-state index contributed by atoms with van der Waals surface area (Å²) in [6.07, 6.45) is -8.17. The molecule has 5 amide bonds. The Morgan fingerprint density at radius 2 is 1.43 bits per heavy atom. The molecule has 0 unspecified atom stereocenters. The summed E-state index contributed by atoms with van der Waals surface area (Å²) in [7, 11) is 0. The SMILES string of the molecule is CCCN(C(=O)Nc1ccc(NC(=O)NC(=O)c2c(F)cccc2F)cc1)c1ccc(OC(F)(F)C(F)F)cc1. The fourth-order valence-electron chi connectivity index (χ4n) is 3.34. The van der Waals surface area contributed by atoms with Crippen molar-refractivity contribution in [1.29, 1.82) is 0 Å². The van der Waals surface area contributed by atoms with E-state index in [4.69, 9.17) is 0 Å². The van der Waals surface area contributed by atoms with Crippen LogP contribution in [0.15, 0.2) is 66.7 Å². The molecule has 14 heteroatoms. The Morgan fingerprint density at radius 1 is 0.875 bits per heavy atom. The summed E-state index contributed by atoms with van der Waals surface area (Å²) in [6, 6.07) is 11.3. The lowest BCUT2D eigenvalue weighted by Gasteiger charge is -2.23. The van der Waals surface area contributed by atoms with Crippen molar-refractivity contribution < 1.29 is 45.5 Å². The van der Waals surface area contributed by atoms with Crippen LogP contribution in [0, 0.1) is 11.6 Å². The Labute approximate surface area is 223 Å². The van der Waals surface area contributed by atoms with Crippen LogP contribution in [0.4, 0.5) is 53.0 Å². The molecule has 0 aromatic heterocycles. The van der Waals surface area contributed by atoms with Crippen molar-refractivity contribution in [3.05, 3.63) is 83.9 Å². The number of ether oxygens (including phenoxy) is 1. The smallest absolute Gasteiger partial charge is 0.428 e. The molecule has 0 heterocycles. The lowest BCUT2D eigenvalue weighted by atomic mass is 10.2. The third-order valence-electron chi connectivity index (χ3n) is 5.16. The van der Waals surface area contributed by atoms with Crippen LogP contribution in [-0.4, -0.2) is 37.0 Å². The van der Waals surface area contributed by atoms with Crippen molar-refractivity contribution in [3.63, 3.8) is 0 Å². The molecule has 3 rings (SSSR count). The van der Waals surface area contributed by atoms with E-state index in [0.717, 1.165) is 30.3 Å². The summed E-state index contributed by atoms with van der Waals surface area (Å²) in [6.45, 7) is 2.01. The molecule has 0 saturated heterocycles. The number of urea groups is 2. The fourth-order valence-corrected chi connectivity index (χ4v) is 3.34. The van der Waals surface area contributed by atoms with Crippen LogP contribution < -0.4 is 25.6 Å². The molecule has 0 spiro atoms. The van der Waals surface area contributed by atoms with Gasteiger partial charge in [-0.15, -0.1) is 0 Å². The van der Waals surface area contributed by atoms with Gasteiger partial charge >= 0.3 is 24.6 Å². The molecule has 0 fully saturated rings. The standard InChI is InChI=1S/C26H22F6N4O4/c1-2-14-36(17-10-12-18(13-11-17)40-26(31,32)23(29)30)25(39)34-16-8-6-15(7-9-16)33-24(38)35-22(37)21-19(27)4-3-5-20(21)28/h3-13,23H,2,14H2,1H3,(H,34,39)(H2,33,35,37,38). The van der Waals surface area contributed by atoms with Crippen LogP contribution in [0.2, 0.25) is 0 Å². The van der Waals surface area contributed by atoms with E-state index in [0.29, 0.717) is 6.42 Å². The third-order valence-corrected chi connectivity index (χ3v) is 5.16. The lowest BCUT2D eigenvalue weighted by molar-refractivity contribution is -0.253. The maximum atomic E-state index is 13.7. The average molecular weight is 568 g/mol. The number of carbonyl (C=O) groups is 3. The number of nitrogens with one attached hydrogen (secondary N) is 3. The molecule has 0 aliphatic rings. The van der Waals surface area contributed by atoms with E-state index >= 15 is 0 Å². The van der Waals surface area contributed by atoms with Crippen molar-refractivity contribution in [2.24, 2.45) is 0 Å². The van der Waals surface area contributed by atoms with Gasteiger partial charge in [-0.05, 0) is 67.1 Å². The van der Waals surface area contributed by atoms with E-state index in [1.165, 1.54) is 41.3 Å². The van der Waals surface area contributed by atoms with Crippen molar-refractivity contribution in [3.8, 4) is 5.75 Å². The summed E-state index contributed by atoms with van der Waals surface area (Å²) < 4.78 is 82.4. The molecule has 0 saturated carbocycles. The molecule has 8 nitrogen and oxygen atoms in total. The molecule has 0 aliphatic heterocycles. The maximum absolute atomic E-state index is 13.7. The van der Waals surface area contributed by atoms with E-state index in [9.17, 15) is 40.7 Å². The molecule has 0 radical (unpaired) electrons. The Kier molecular flexibility index (Phi) is 9.59. The first kappa shape index (κ1) is 29.8. The zero-order valence-electron chi connectivity index (χ0n) is 20.7. The second-order valence-electron chi connectivity index (χ2n) is 8.12. The molecule has 3 aromatic carbocycles. The van der Waals surface area contributed by atoms with Gasteiger partial charge in [-0.25, -0.2) is 18.4 Å². The molecular weight excluding hydrogens is 546 g/mol. The predicted molar refractivity (Wildman–Crippen MR) is 134 cm³/mol. The van der Waals surface area contributed by atoms with Crippen LogP contribution in [0.1, 0.15) is 23.7 Å². The maximum Gasteiger partial charge on any atom is 0.461 e. The largest absolute Gasteiger partial charge is 0.461 e. The van der Waals surface area contributed by atoms with E-state index in [1.807, 2.05) is 5.32 Å². The van der Waals surface area contributed by atoms with Gasteiger partial charge in [0, 0.05) is 23.6 Å². The molecule has 0 aliphatic carbocycles. The summed E-state index contributed by atoms with van der Waals surface area (Å²) in [5.41, 5.74) is -0.171. The number of carbonyl (C=O) groups excluding carboxylic acids is 3. The fraction of sp³-hybridized carbons (Fsp3) is 0.192. The summed E-state index contributed by atoms with van der Waals surface area (Å²) in [5, 5.41) is 6.73. The molecule has 40 heavy (non-hydrogen) atoms. The first-order valence-corrected chi connectivity index (χ1v) is 11.6. The quantitative estimate of drug-likeness (QED) is 0.253. The highest BCUT2D eigenvalue weighted by Crippen LogP contribution is 2.29. The number of amides is 5.